The normalized spacial score (nSPS) is 11.1. The predicted molar refractivity (Wildman–Crippen MR) is 139 cm³/mol. The van der Waals surface area contributed by atoms with E-state index in [1.165, 1.54) is 11.6 Å². The Balaban J connectivity index is 1.75. The minimum Gasteiger partial charge on any atom is -0.489 e. The number of hydrogen-bond donors (Lipinski definition) is 0. The molecule has 35 heavy (non-hydrogen) atoms. The van der Waals surface area contributed by atoms with Crippen LogP contribution in [0.1, 0.15) is 36.1 Å². The van der Waals surface area contributed by atoms with Gasteiger partial charge in [-0.15, -0.1) is 0 Å². The first kappa shape index (κ1) is 25.8. The van der Waals surface area contributed by atoms with Crippen LogP contribution in [0.3, 0.4) is 0 Å². The molecule has 3 aromatic rings. The predicted octanol–water partition coefficient (Wildman–Crippen LogP) is 5.48. The molecule has 0 atom stereocenters. The van der Waals surface area contributed by atoms with Gasteiger partial charge in [-0.25, -0.2) is 4.79 Å². The van der Waals surface area contributed by atoms with Gasteiger partial charge < -0.3 is 14.4 Å². The zero-order valence-electron chi connectivity index (χ0n) is 20.7. The Morgan fingerprint density at radius 1 is 0.886 bits per heavy atom. The summed E-state index contributed by atoms with van der Waals surface area (Å²) >= 11 is 0. The first-order valence-corrected chi connectivity index (χ1v) is 11.9. The van der Waals surface area contributed by atoms with Gasteiger partial charge in [0.05, 0.1) is 13.0 Å². The summed E-state index contributed by atoms with van der Waals surface area (Å²) in [6.45, 7) is 5.00. The van der Waals surface area contributed by atoms with Crippen molar-refractivity contribution in [1.29, 1.82) is 0 Å². The summed E-state index contributed by atoms with van der Waals surface area (Å²) in [6, 6.07) is 25.8. The lowest BCUT2D eigenvalue weighted by molar-refractivity contribution is -0.137. The van der Waals surface area contributed by atoms with E-state index in [2.05, 4.69) is 12.1 Å². The molecule has 0 radical (unpaired) electrons. The van der Waals surface area contributed by atoms with Crippen LogP contribution in [0.15, 0.2) is 84.9 Å². The molecule has 1 amide bonds. The van der Waals surface area contributed by atoms with Gasteiger partial charge in [0.2, 0.25) is 5.91 Å². The molecule has 0 fully saturated rings. The zero-order chi connectivity index (χ0) is 25.0. The SMILES string of the molecule is CCOC(=O)/C=C(\C)c1cc(CC(=O)N(C)CCc2ccccc2)cc(OCc2ccccc2)c1. The van der Waals surface area contributed by atoms with Crippen molar-refractivity contribution in [3.05, 3.63) is 107 Å². The van der Waals surface area contributed by atoms with Crippen molar-refractivity contribution in [3.63, 3.8) is 0 Å². The van der Waals surface area contributed by atoms with Crippen LogP contribution in [0.25, 0.3) is 5.57 Å². The Bertz CT molecular complexity index is 1140. The summed E-state index contributed by atoms with van der Waals surface area (Å²) < 4.78 is 11.1. The standard InChI is InChI=1S/C30H33NO4/c1-4-34-30(33)17-23(2)27-18-26(19-28(21-27)35-22-25-13-9-6-10-14-25)20-29(32)31(3)16-15-24-11-7-5-8-12-24/h5-14,17-19,21H,4,15-16,20,22H2,1-3H3/b23-17+. The lowest BCUT2D eigenvalue weighted by Gasteiger charge is -2.18. The number of hydrogen-bond acceptors (Lipinski definition) is 4. The van der Waals surface area contributed by atoms with Crippen molar-refractivity contribution in [2.75, 3.05) is 20.2 Å². The van der Waals surface area contributed by atoms with Crippen molar-refractivity contribution in [1.82, 2.24) is 4.90 Å². The maximum absolute atomic E-state index is 13.0. The quantitative estimate of drug-likeness (QED) is 0.275. The Morgan fingerprint density at radius 3 is 2.20 bits per heavy atom. The smallest absolute Gasteiger partial charge is 0.331 e. The van der Waals surface area contributed by atoms with Crippen LogP contribution >= 0.6 is 0 Å². The molecule has 0 aliphatic rings. The van der Waals surface area contributed by atoms with E-state index >= 15 is 0 Å². The van der Waals surface area contributed by atoms with Gasteiger partial charge in [-0.1, -0.05) is 66.7 Å². The summed E-state index contributed by atoms with van der Waals surface area (Å²) in [5.74, 6) is 0.288. The third-order valence-corrected chi connectivity index (χ3v) is 5.65. The molecule has 0 aliphatic carbocycles. The van der Waals surface area contributed by atoms with Gasteiger partial charge in [0.1, 0.15) is 12.4 Å². The number of rotatable bonds is 11. The highest BCUT2D eigenvalue weighted by Gasteiger charge is 2.13. The van der Waals surface area contributed by atoms with E-state index < -0.39 is 0 Å². The number of nitrogens with zero attached hydrogens (tertiary/aromatic N) is 1. The second kappa shape index (κ2) is 13.1. The molecule has 3 aromatic carbocycles. The minimum atomic E-state index is -0.390. The number of amides is 1. The maximum Gasteiger partial charge on any atom is 0.331 e. The van der Waals surface area contributed by atoms with Crippen molar-refractivity contribution in [2.45, 2.75) is 33.3 Å². The van der Waals surface area contributed by atoms with Crippen LogP contribution in [0.4, 0.5) is 0 Å². The highest BCUT2D eigenvalue weighted by Crippen LogP contribution is 2.25. The number of ether oxygens (including phenoxy) is 2. The van der Waals surface area contributed by atoms with Crippen molar-refractivity contribution < 1.29 is 19.1 Å². The highest BCUT2D eigenvalue weighted by molar-refractivity contribution is 5.91. The molecule has 0 aromatic heterocycles. The van der Waals surface area contributed by atoms with E-state index in [1.54, 1.807) is 11.8 Å². The Labute approximate surface area is 208 Å². The zero-order valence-corrected chi connectivity index (χ0v) is 20.7. The molecule has 0 saturated carbocycles. The minimum absolute atomic E-state index is 0.0270. The first-order chi connectivity index (χ1) is 16.9. The first-order valence-electron chi connectivity index (χ1n) is 11.9. The van der Waals surface area contributed by atoms with Crippen LogP contribution in [-0.2, 0) is 33.8 Å². The number of carbonyl (C=O) groups is 2. The van der Waals surface area contributed by atoms with E-state index in [9.17, 15) is 9.59 Å². The topological polar surface area (TPSA) is 55.8 Å². The Morgan fingerprint density at radius 2 is 1.54 bits per heavy atom. The van der Waals surface area contributed by atoms with Crippen LogP contribution in [0.5, 0.6) is 5.75 Å². The lowest BCUT2D eigenvalue weighted by Crippen LogP contribution is -2.30. The number of esters is 1. The third-order valence-electron chi connectivity index (χ3n) is 5.65. The lowest BCUT2D eigenvalue weighted by atomic mass is 10.0. The molecule has 5 heteroatoms. The van der Waals surface area contributed by atoms with Crippen LogP contribution in [-0.4, -0.2) is 37.0 Å². The summed E-state index contributed by atoms with van der Waals surface area (Å²) in [6.07, 6.45) is 2.51. The molecule has 0 N–H and O–H groups in total. The number of likely N-dealkylation sites (N-methyl/N-ethyl adjacent to an activating group) is 1. The van der Waals surface area contributed by atoms with E-state index in [0.29, 0.717) is 25.5 Å². The van der Waals surface area contributed by atoms with Crippen molar-refractivity contribution >= 4 is 17.4 Å². The molecule has 0 heterocycles. The van der Waals surface area contributed by atoms with Crippen LogP contribution < -0.4 is 4.74 Å². The van der Waals surface area contributed by atoms with E-state index in [0.717, 1.165) is 28.7 Å². The number of benzene rings is 3. The second-order valence-electron chi connectivity index (χ2n) is 8.45. The van der Waals surface area contributed by atoms with Gasteiger partial charge >= 0.3 is 5.97 Å². The number of allylic oxidation sites excluding steroid dienone is 1. The van der Waals surface area contributed by atoms with Gasteiger partial charge in [0, 0.05) is 19.7 Å². The van der Waals surface area contributed by atoms with Gasteiger partial charge in [0.25, 0.3) is 0 Å². The molecule has 3 rings (SSSR count). The van der Waals surface area contributed by atoms with E-state index in [1.807, 2.05) is 80.7 Å². The van der Waals surface area contributed by atoms with Gasteiger partial charge in [0.15, 0.2) is 0 Å². The van der Waals surface area contributed by atoms with Gasteiger partial charge in [-0.3, -0.25) is 4.79 Å². The maximum atomic E-state index is 13.0. The molecule has 0 aliphatic heterocycles. The molecule has 0 bridgehead atoms. The molecular formula is C30H33NO4. The fourth-order valence-corrected chi connectivity index (χ4v) is 3.63. The fourth-order valence-electron chi connectivity index (χ4n) is 3.63. The van der Waals surface area contributed by atoms with E-state index in [4.69, 9.17) is 9.47 Å². The summed E-state index contributed by atoms with van der Waals surface area (Å²) in [4.78, 5) is 26.7. The van der Waals surface area contributed by atoms with Crippen molar-refractivity contribution in [3.8, 4) is 5.75 Å². The largest absolute Gasteiger partial charge is 0.489 e. The van der Waals surface area contributed by atoms with Crippen molar-refractivity contribution in [2.24, 2.45) is 0 Å². The summed E-state index contributed by atoms with van der Waals surface area (Å²) in [5.41, 5.74) is 4.65. The van der Waals surface area contributed by atoms with Crippen LogP contribution in [0.2, 0.25) is 0 Å². The average Bonchev–Trinajstić information content (AvgIpc) is 2.87. The van der Waals surface area contributed by atoms with E-state index in [-0.39, 0.29) is 18.3 Å². The monoisotopic (exact) mass is 471 g/mol. The number of carbonyl (C=O) groups excluding carboxylic acids is 2. The van der Waals surface area contributed by atoms with Crippen LogP contribution in [0, 0.1) is 0 Å². The molecular weight excluding hydrogens is 438 g/mol. The average molecular weight is 472 g/mol. The molecule has 5 nitrogen and oxygen atoms in total. The van der Waals surface area contributed by atoms with Gasteiger partial charge in [-0.05, 0) is 60.2 Å². The Kier molecular flexibility index (Phi) is 9.67. The summed E-state index contributed by atoms with van der Waals surface area (Å²) in [7, 11) is 1.83. The Hall–Kier alpha value is -3.86. The molecule has 182 valence electrons. The molecule has 0 unspecified atom stereocenters. The second-order valence-corrected chi connectivity index (χ2v) is 8.45. The molecule has 0 saturated heterocycles. The highest BCUT2D eigenvalue weighted by atomic mass is 16.5. The molecule has 0 spiro atoms. The fraction of sp³-hybridized carbons (Fsp3) is 0.267. The third kappa shape index (κ3) is 8.45. The van der Waals surface area contributed by atoms with Gasteiger partial charge in [-0.2, -0.15) is 0 Å². The summed E-state index contributed by atoms with van der Waals surface area (Å²) in [5, 5.41) is 0.